The minimum absolute atomic E-state index is 0.258. The number of aliphatic hydroxyl groups is 1. The summed E-state index contributed by atoms with van der Waals surface area (Å²) >= 11 is 17.4. The van der Waals surface area contributed by atoms with Crippen LogP contribution in [0.5, 0.6) is 0 Å². The number of hydrogen-bond donors (Lipinski definition) is 2. The number of aliphatic hydroxyl groups excluding tert-OH is 1. The van der Waals surface area contributed by atoms with Crippen LogP contribution in [0.15, 0.2) is 48.0 Å². The Morgan fingerprint density at radius 3 is 2.26 bits per heavy atom. The topological polar surface area (TPSA) is 73.1 Å². The molecule has 0 aliphatic rings. The van der Waals surface area contributed by atoms with E-state index >= 15 is 0 Å². The summed E-state index contributed by atoms with van der Waals surface area (Å²) in [6, 6.07) is 12.2. The molecular weight excluding hydrogens is 359 g/mol. The maximum absolute atomic E-state index is 12.2. The van der Waals surface area contributed by atoms with Gasteiger partial charge in [0.2, 0.25) is 0 Å². The summed E-state index contributed by atoms with van der Waals surface area (Å²) in [5, 5.41) is 22.8. The van der Waals surface area contributed by atoms with Crippen LogP contribution in [0.2, 0.25) is 15.1 Å². The van der Waals surface area contributed by atoms with Crippen LogP contribution in [-0.4, -0.2) is 11.0 Å². The lowest BCUT2D eigenvalue weighted by Gasteiger charge is -2.07. The summed E-state index contributed by atoms with van der Waals surface area (Å²) < 4.78 is 0. The van der Waals surface area contributed by atoms with Gasteiger partial charge < -0.3 is 10.4 Å². The highest BCUT2D eigenvalue weighted by Crippen LogP contribution is 2.26. The molecule has 23 heavy (non-hydrogen) atoms. The Morgan fingerprint density at radius 2 is 1.70 bits per heavy atom. The summed E-state index contributed by atoms with van der Waals surface area (Å²) in [6.07, 6.45) is 0. The van der Waals surface area contributed by atoms with Crippen molar-refractivity contribution in [3.05, 3.63) is 68.7 Å². The number of carbonyl (C=O) groups is 1. The number of anilines is 1. The number of benzene rings is 2. The van der Waals surface area contributed by atoms with Crippen LogP contribution in [0.1, 0.15) is 5.56 Å². The fourth-order valence-corrected chi connectivity index (χ4v) is 2.15. The van der Waals surface area contributed by atoms with Gasteiger partial charge in [0.25, 0.3) is 5.91 Å². The summed E-state index contributed by atoms with van der Waals surface area (Å²) in [4.78, 5) is 12.2. The molecular formula is C16H9Cl3N2O2. The third-order valence-corrected chi connectivity index (χ3v) is 3.86. The summed E-state index contributed by atoms with van der Waals surface area (Å²) in [6.45, 7) is 0. The first-order valence-corrected chi connectivity index (χ1v) is 7.41. The second-order valence-electron chi connectivity index (χ2n) is 4.43. The highest BCUT2D eigenvalue weighted by molar-refractivity contribution is 6.42. The molecule has 0 unspecified atom stereocenters. The quantitative estimate of drug-likeness (QED) is 0.451. The smallest absolute Gasteiger partial charge is 0.270 e. The van der Waals surface area contributed by atoms with Crippen molar-refractivity contribution in [2.24, 2.45) is 0 Å². The average Bonchev–Trinajstić information content (AvgIpc) is 2.52. The molecule has 0 radical (unpaired) electrons. The monoisotopic (exact) mass is 366 g/mol. The first-order chi connectivity index (χ1) is 10.9. The van der Waals surface area contributed by atoms with Crippen molar-refractivity contribution < 1.29 is 9.90 Å². The Morgan fingerprint density at radius 1 is 1.04 bits per heavy atom. The number of rotatable bonds is 3. The molecule has 4 nitrogen and oxygen atoms in total. The Balaban J connectivity index is 2.30. The third kappa shape index (κ3) is 4.17. The normalized spacial score (nSPS) is 11.4. The van der Waals surface area contributed by atoms with Crippen molar-refractivity contribution in [3.63, 3.8) is 0 Å². The van der Waals surface area contributed by atoms with Crippen LogP contribution in [0.25, 0.3) is 5.76 Å². The lowest BCUT2D eigenvalue weighted by molar-refractivity contribution is -0.112. The lowest BCUT2D eigenvalue weighted by atomic mass is 10.1. The van der Waals surface area contributed by atoms with Gasteiger partial charge >= 0.3 is 0 Å². The molecule has 0 spiro atoms. The molecule has 7 heteroatoms. The van der Waals surface area contributed by atoms with Gasteiger partial charge in [-0.15, -0.1) is 0 Å². The number of nitriles is 1. The van der Waals surface area contributed by atoms with Gasteiger partial charge in [-0.3, -0.25) is 4.79 Å². The molecule has 0 saturated heterocycles. The van der Waals surface area contributed by atoms with E-state index in [0.717, 1.165) is 0 Å². The van der Waals surface area contributed by atoms with Gasteiger partial charge in [0.15, 0.2) is 5.57 Å². The second-order valence-corrected chi connectivity index (χ2v) is 5.68. The molecule has 2 aromatic rings. The maximum atomic E-state index is 12.2. The first kappa shape index (κ1) is 17.2. The Bertz CT molecular complexity index is 824. The van der Waals surface area contributed by atoms with E-state index in [-0.39, 0.29) is 5.02 Å². The van der Waals surface area contributed by atoms with Gasteiger partial charge in [-0.05, 0) is 42.5 Å². The zero-order valence-electron chi connectivity index (χ0n) is 11.5. The standard InChI is InChI=1S/C16H9Cl3N2O2/c17-10-3-1-9(2-4-10)15(22)12(8-20)16(23)21-11-5-6-13(18)14(19)7-11/h1-7,22H,(H,21,23)/b15-12-. The number of nitrogens with one attached hydrogen (secondary N) is 1. The van der Waals surface area contributed by atoms with Crippen molar-refractivity contribution >= 4 is 52.2 Å². The zero-order valence-corrected chi connectivity index (χ0v) is 13.7. The molecule has 2 N–H and O–H groups in total. The molecule has 116 valence electrons. The minimum atomic E-state index is -0.765. The average molecular weight is 368 g/mol. The fraction of sp³-hybridized carbons (Fsp3) is 0. The highest BCUT2D eigenvalue weighted by Gasteiger charge is 2.17. The Kier molecular flexibility index (Phi) is 5.51. The molecule has 0 saturated carbocycles. The predicted octanol–water partition coefficient (Wildman–Crippen LogP) is 5.08. The summed E-state index contributed by atoms with van der Waals surface area (Å²) in [5.74, 6) is -1.21. The van der Waals surface area contributed by atoms with Gasteiger partial charge in [-0.1, -0.05) is 34.8 Å². The Labute approximate surface area is 147 Å². The van der Waals surface area contributed by atoms with Crippen LogP contribution in [0.4, 0.5) is 5.69 Å². The van der Waals surface area contributed by atoms with Crippen LogP contribution in [0.3, 0.4) is 0 Å². The molecule has 1 amide bonds. The van der Waals surface area contributed by atoms with Crippen molar-refractivity contribution in [2.75, 3.05) is 5.32 Å². The molecule has 2 rings (SSSR count). The molecule has 0 heterocycles. The van der Waals surface area contributed by atoms with E-state index < -0.39 is 17.2 Å². The van der Waals surface area contributed by atoms with E-state index in [4.69, 9.17) is 40.1 Å². The van der Waals surface area contributed by atoms with Crippen molar-refractivity contribution in [2.45, 2.75) is 0 Å². The van der Waals surface area contributed by atoms with Crippen LogP contribution in [0, 0.1) is 11.3 Å². The molecule has 0 fully saturated rings. The van der Waals surface area contributed by atoms with Crippen molar-refractivity contribution in [1.82, 2.24) is 0 Å². The predicted molar refractivity (Wildman–Crippen MR) is 91.7 cm³/mol. The van der Waals surface area contributed by atoms with E-state index in [2.05, 4.69) is 5.32 Å². The van der Waals surface area contributed by atoms with E-state index in [1.807, 2.05) is 0 Å². The van der Waals surface area contributed by atoms with E-state index in [9.17, 15) is 9.90 Å². The van der Waals surface area contributed by atoms with Gasteiger partial charge in [-0.25, -0.2) is 0 Å². The molecule has 0 aromatic heterocycles. The maximum Gasteiger partial charge on any atom is 0.270 e. The zero-order chi connectivity index (χ0) is 17.0. The molecule has 0 bridgehead atoms. The summed E-state index contributed by atoms with van der Waals surface area (Å²) in [7, 11) is 0. The van der Waals surface area contributed by atoms with Gasteiger partial charge in [0.1, 0.15) is 11.8 Å². The first-order valence-electron chi connectivity index (χ1n) is 6.28. The molecule has 0 aliphatic heterocycles. The van der Waals surface area contributed by atoms with Crippen molar-refractivity contribution in [3.8, 4) is 6.07 Å². The lowest BCUT2D eigenvalue weighted by Crippen LogP contribution is -2.15. The van der Waals surface area contributed by atoms with E-state index in [1.165, 1.54) is 30.3 Å². The second kappa shape index (κ2) is 7.38. The SMILES string of the molecule is N#C/C(C(=O)Nc1ccc(Cl)c(Cl)c1)=C(/O)c1ccc(Cl)cc1. The van der Waals surface area contributed by atoms with Gasteiger partial charge in [0, 0.05) is 16.3 Å². The Hall–Kier alpha value is -2.19. The largest absolute Gasteiger partial charge is 0.506 e. The van der Waals surface area contributed by atoms with Gasteiger partial charge in [-0.2, -0.15) is 5.26 Å². The van der Waals surface area contributed by atoms with E-state index in [0.29, 0.717) is 21.3 Å². The fourth-order valence-electron chi connectivity index (χ4n) is 1.73. The number of hydrogen-bond acceptors (Lipinski definition) is 3. The number of halogens is 3. The molecule has 0 atom stereocenters. The third-order valence-electron chi connectivity index (χ3n) is 2.87. The molecule has 0 aliphatic carbocycles. The van der Waals surface area contributed by atoms with Crippen molar-refractivity contribution in [1.29, 1.82) is 5.26 Å². The minimum Gasteiger partial charge on any atom is -0.506 e. The van der Waals surface area contributed by atoms with Gasteiger partial charge in [0.05, 0.1) is 10.0 Å². The van der Waals surface area contributed by atoms with E-state index in [1.54, 1.807) is 18.2 Å². The number of carbonyl (C=O) groups excluding carboxylic acids is 1. The van der Waals surface area contributed by atoms with Crippen LogP contribution >= 0.6 is 34.8 Å². The number of amides is 1. The van der Waals surface area contributed by atoms with Crippen LogP contribution < -0.4 is 5.32 Å². The van der Waals surface area contributed by atoms with Crippen LogP contribution in [-0.2, 0) is 4.79 Å². The summed E-state index contributed by atoms with van der Waals surface area (Å²) in [5.41, 5.74) is 0.217. The number of nitrogens with zero attached hydrogens (tertiary/aromatic N) is 1. The highest BCUT2D eigenvalue weighted by atomic mass is 35.5. The molecule has 2 aromatic carbocycles.